The highest BCUT2D eigenvalue weighted by Crippen LogP contribution is 2.19. The van der Waals surface area contributed by atoms with Crippen LogP contribution in [-0.4, -0.2) is 78.9 Å². The Hall–Kier alpha value is -0.520. The van der Waals surface area contributed by atoms with E-state index in [1.54, 1.807) is 37.7 Å². The molecule has 1 aliphatic rings. The summed E-state index contributed by atoms with van der Waals surface area (Å²) in [5.74, 6) is 0.705. The second-order valence-corrected chi connectivity index (χ2v) is 8.87. The molecule has 1 saturated heterocycles. The van der Waals surface area contributed by atoms with Crippen molar-refractivity contribution in [3.8, 4) is 0 Å². The topological polar surface area (TPSA) is 120 Å². The molecule has 4 N–H and O–H groups in total. The maximum absolute atomic E-state index is 11.3. The Balaban J connectivity index is 0. The number of nitrogens with one attached hydrogen (secondary N) is 1. The zero-order valence-corrected chi connectivity index (χ0v) is 20.0. The van der Waals surface area contributed by atoms with Gasteiger partial charge < -0.3 is 30.4 Å². The molecule has 168 valence electrons. The summed E-state index contributed by atoms with van der Waals surface area (Å²) in [6.07, 6.45) is 3.99. The van der Waals surface area contributed by atoms with E-state index in [0.717, 1.165) is 17.9 Å². The zero-order chi connectivity index (χ0) is 22.4. The fourth-order valence-corrected chi connectivity index (χ4v) is 2.59. The van der Waals surface area contributed by atoms with Crippen molar-refractivity contribution in [1.29, 1.82) is 0 Å². The fraction of sp³-hybridized carbons (Fsp3) is 0.889. The van der Waals surface area contributed by atoms with Crippen LogP contribution in [0.4, 0.5) is 0 Å². The molecule has 0 aromatic rings. The first-order valence-corrected chi connectivity index (χ1v) is 11.7. The molecule has 8 nitrogen and oxygen atoms in total. The number of carbonyl (C=O) groups excluding carboxylic acids is 2. The lowest BCUT2D eigenvalue weighted by Crippen LogP contribution is -2.35. The first-order chi connectivity index (χ1) is 12.9. The summed E-state index contributed by atoms with van der Waals surface area (Å²) in [5, 5.41) is 11.6. The van der Waals surface area contributed by atoms with Crippen LogP contribution >= 0.6 is 23.5 Å². The summed E-state index contributed by atoms with van der Waals surface area (Å²) in [6, 6.07) is 0. The number of aliphatic hydroxyl groups excluding tert-OH is 1. The van der Waals surface area contributed by atoms with Gasteiger partial charge in [-0.1, -0.05) is 0 Å². The Kier molecular flexibility index (Phi) is 16.3. The largest absolute Gasteiger partial charge is 0.383 e. The minimum atomic E-state index is -0.961. The molecule has 0 bridgehead atoms. The van der Waals surface area contributed by atoms with Gasteiger partial charge in [0.25, 0.3) is 5.91 Å². The van der Waals surface area contributed by atoms with Gasteiger partial charge in [-0.15, -0.1) is 0 Å². The van der Waals surface area contributed by atoms with Crippen LogP contribution in [0.1, 0.15) is 40.5 Å². The van der Waals surface area contributed by atoms with Crippen LogP contribution in [0.25, 0.3) is 0 Å². The Labute approximate surface area is 178 Å². The smallest absolute Gasteiger partial charge is 0.251 e. The highest BCUT2D eigenvalue weighted by atomic mass is 32.2. The predicted molar refractivity (Wildman–Crippen MR) is 116 cm³/mol. The summed E-state index contributed by atoms with van der Waals surface area (Å²) in [6.45, 7) is 7.44. The molecule has 0 saturated carbocycles. The summed E-state index contributed by atoms with van der Waals surface area (Å²) >= 11 is 3.31. The Morgan fingerprint density at radius 1 is 1.29 bits per heavy atom. The van der Waals surface area contributed by atoms with Crippen molar-refractivity contribution in [3.05, 3.63) is 0 Å². The van der Waals surface area contributed by atoms with Crippen LogP contribution < -0.4 is 11.1 Å². The lowest BCUT2D eigenvalue weighted by atomic mass is 10.3. The number of methoxy groups -OCH3 is 2. The molecule has 0 radical (unpaired) electrons. The van der Waals surface area contributed by atoms with Gasteiger partial charge in [0.15, 0.2) is 5.79 Å². The van der Waals surface area contributed by atoms with E-state index < -0.39 is 23.5 Å². The van der Waals surface area contributed by atoms with Gasteiger partial charge in [0.05, 0.1) is 0 Å². The molecule has 28 heavy (non-hydrogen) atoms. The van der Waals surface area contributed by atoms with E-state index in [2.05, 4.69) is 5.32 Å². The van der Waals surface area contributed by atoms with Crippen molar-refractivity contribution in [1.82, 2.24) is 5.32 Å². The Morgan fingerprint density at radius 2 is 1.79 bits per heavy atom. The number of hydrogen-bond acceptors (Lipinski definition) is 8. The number of rotatable bonds is 9. The number of amides is 2. The molecule has 2 amide bonds. The van der Waals surface area contributed by atoms with Gasteiger partial charge >= 0.3 is 0 Å². The van der Waals surface area contributed by atoms with Crippen molar-refractivity contribution >= 4 is 35.3 Å². The number of primary amides is 1. The fourth-order valence-electron chi connectivity index (χ4n) is 1.69. The van der Waals surface area contributed by atoms with Gasteiger partial charge in [-0.25, -0.2) is 0 Å². The van der Waals surface area contributed by atoms with Crippen LogP contribution in [0, 0.1) is 0 Å². The number of hydrogen-bond donors (Lipinski definition) is 3. The minimum absolute atomic E-state index is 0.0223. The van der Waals surface area contributed by atoms with Crippen LogP contribution in [0.2, 0.25) is 0 Å². The van der Waals surface area contributed by atoms with Gasteiger partial charge in [-0.2, -0.15) is 23.5 Å². The average molecular weight is 443 g/mol. The first kappa shape index (κ1) is 29.7. The quantitative estimate of drug-likeness (QED) is 0.461. The van der Waals surface area contributed by atoms with Crippen molar-refractivity contribution in [2.75, 3.05) is 38.2 Å². The molecular formula is C18H38N2O6S2. The van der Waals surface area contributed by atoms with E-state index >= 15 is 0 Å². The lowest BCUT2D eigenvalue weighted by molar-refractivity contribution is -0.178. The number of nitrogens with two attached hydrogens (primary N) is 1. The zero-order valence-electron chi connectivity index (χ0n) is 18.4. The third-order valence-corrected chi connectivity index (χ3v) is 4.93. The maximum atomic E-state index is 11.3. The van der Waals surface area contributed by atoms with Crippen molar-refractivity contribution in [2.24, 2.45) is 5.73 Å². The number of thioether (sulfide) groups is 2. The van der Waals surface area contributed by atoms with Crippen molar-refractivity contribution in [2.45, 2.75) is 64.3 Å². The number of ether oxygens (including phenoxy) is 3. The molecule has 2 atom stereocenters. The summed E-state index contributed by atoms with van der Waals surface area (Å²) in [7, 11) is 3.23. The SMILES string of the molecule is COC(C)(C)OC.CSCCC(O)C(N)=O.CSCCC1OC(C)(C)NC1=O. The first-order valence-electron chi connectivity index (χ1n) is 8.91. The molecule has 1 rings (SSSR count). The van der Waals surface area contributed by atoms with E-state index in [-0.39, 0.29) is 12.0 Å². The maximum Gasteiger partial charge on any atom is 0.251 e. The van der Waals surface area contributed by atoms with E-state index in [1.807, 2.05) is 40.2 Å². The normalized spacial score (nSPS) is 18.9. The van der Waals surface area contributed by atoms with Crippen LogP contribution in [0.5, 0.6) is 0 Å². The van der Waals surface area contributed by atoms with Crippen molar-refractivity contribution < 1.29 is 28.9 Å². The third-order valence-electron chi connectivity index (χ3n) is 3.64. The summed E-state index contributed by atoms with van der Waals surface area (Å²) in [5.41, 5.74) is 4.31. The third kappa shape index (κ3) is 15.4. The standard InChI is InChI=1S/C8H15NO2S.C5H11NO2S.C5H12O2/c1-8(2)9-7(10)6(11-8)4-5-12-3;1-9-3-2-4(7)5(6)8;1-5(2,6-3)7-4/h6H,4-5H2,1-3H3,(H,9,10);4,7H,2-3H2,1H3,(H2,6,8);1-4H3. The molecule has 1 aliphatic heterocycles. The van der Waals surface area contributed by atoms with Gasteiger partial charge in [0, 0.05) is 14.2 Å². The van der Waals surface area contributed by atoms with Crippen LogP contribution in [-0.2, 0) is 23.8 Å². The van der Waals surface area contributed by atoms with E-state index in [0.29, 0.717) is 6.42 Å². The molecule has 10 heteroatoms. The number of aliphatic hydroxyl groups is 1. The number of carbonyl (C=O) groups is 2. The monoisotopic (exact) mass is 442 g/mol. The van der Waals surface area contributed by atoms with E-state index in [4.69, 9.17) is 25.1 Å². The Bertz CT molecular complexity index is 444. The van der Waals surface area contributed by atoms with Gasteiger partial charge in [0.1, 0.15) is 17.9 Å². The molecule has 1 fully saturated rings. The summed E-state index contributed by atoms with van der Waals surface area (Å²) < 4.78 is 15.2. The van der Waals surface area contributed by atoms with Gasteiger partial charge in [-0.3, -0.25) is 9.59 Å². The molecule has 0 aromatic heterocycles. The van der Waals surface area contributed by atoms with Gasteiger partial charge in [0.2, 0.25) is 5.91 Å². The molecule has 0 aliphatic carbocycles. The molecule has 0 spiro atoms. The molecule has 2 unspecified atom stereocenters. The summed E-state index contributed by atoms with van der Waals surface area (Å²) in [4.78, 5) is 21.4. The van der Waals surface area contributed by atoms with E-state index in [1.165, 1.54) is 0 Å². The highest BCUT2D eigenvalue weighted by Gasteiger charge is 2.37. The molecule has 1 heterocycles. The predicted octanol–water partition coefficient (Wildman–Crippen LogP) is 1.59. The molecule has 0 aromatic carbocycles. The second kappa shape index (κ2) is 15.3. The van der Waals surface area contributed by atoms with Crippen molar-refractivity contribution in [3.63, 3.8) is 0 Å². The Morgan fingerprint density at radius 3 is 2.07 bits per heavy atom. The highest BCUT2D eigenvalue weighted by molar-refractivity contribution is 7.98. The lowest BCUT2D eigenvalue weighted by Gasteiger charge is -2.19. The van der Waals surface area contributed by atoms with Crippen LogP contribution in [0.15, 0.2) is 0 Å². The minimum Gasteiger partial charge on any atom is -0.383 e. The van der Waals surface area contributed by atoms with E-state index in [9.17, 15) is 9.59 Å². The average Bonchev–Trinajstić information content (AvgIpc) is 2.90. The van der Waals surface area contributed by atoms with Crippen LogP contribution in [0.3, 0.4) is 0 Å². The van der Waals surface area contributed by atoms with Gasteiger partial charge in [-0.05, 0) is 64.6 Å². The molecular weight excluding hydrogens is 404 g/mol. The second-order valence-electron chi connectivity index (χ2n) is 6.90.